The van der Waals surface area contributed by atoms with E-state index < -0.39 is 0 Å². The molecular formula is C13H15BrN2O. The van der Waals surface area contributed by atoms with E-state index >= 15 is 0 Å². The number of aromatic nitrogens is 2. The first-order chi connectivity index (χ1) is 8.13. The number of methoxy groups -OCH3 is 1. The predicted octanol–water partition coefficient (Wildman–Crippen LogP) is 3.09. The molecule has 0 saturated heterocycles. The van der Waals surface area contributed by atoms with Crippen LogP contribution in [0.3, 0.4) is 0 Å². The van der Waals surface area contributed by atoms with Crippen LogP contribution in [0.5, 0.6) is 5.75 Å². The standard InChI is InChI=1S/C13H15BrN2O/c1-9-15-13(14)11(16(9)2)8-10-6-4-5-7-12(10)17-3/h4-7H,8H2,1-3H3. The summed E-state index contributed by atoms with van der Waals surface area (Å²) in [6.45, 7) is 2.00. The van der Waals surface area contributed by atoms with E-state index in [-0.39, 0.29) is 0 Å². The van der Waals surface area contributed by atoms with Crippen LogP contribution in [0.15, 0.2) is 28.9 Å². The van der Waals surface area contributed by atoms with E-state index in [0.29, 0.717) is 0 Å². The maximum atomic E-state index is 5.36. The molecule has 0 N–H and O–H groups in total. The zero-order valence-corrected chi connectivity index (χ0v) is 11.8. The van der Waals surface area contributed by atoms with Gasteiger partial charge in [0.1, 0.15) is 16.2 Å². The minimum Gasteiger partial charge on any atom is -0.496 e. The van der Waals surface area contributed by atoms with Crippen LogP contribution < -0.4 is 4.74 Å². The van der Waals surface area contributed by atoms with Crippen LogP contribution in [0.1, 0.15) is 17.1 Å². The van der Waals surface area contributed by atoms with Crippen LogP contribution in [-0.2, 0) is 13.5 Å². The Morgan fingerprint density at radius 1 is 1.35 bits per heavy atom. The lowest BCUT2D eigenvalue weighted by atomic mass is 10.1. The van der Waals surface area contributed by atoms with Crippen LogP contribution in [0.4, 0.5) is 0 Å². The molecule has 0 radical (unpaired) electrons. The van der Waals surface area contributed by atoms with Crippen LogP contribution >= 0.6 is 15.9 Å². The SMILES string of the molecule is COc1ccccc1Cc1c(Br)nc(C)n1C. The molecule has 0 unspecified atom stereocenters. The molecule has 0 atom stereocenters. The van der Waals surface area contributed by atoms with E-state index in [2.05, 4.69) is 31.5 Å². The first-order valence-electron chi connectivity index (χ1n) is 5.43. The van der Waals surface area contributed by atoms with Crippen LogP contribution in [0.2, 0.25) is 0 Å². The molecule has 0 bridgehead atoms. The molecule has 0 spiro atoms. The van der Waals surface area contributed by atoms with E-state index in [9.17, 15) is 0 Å². The molecule has 0 aliphatic heterocycles. The van der Waals surface area contributed by atoms with Crippen molar-refractivity contribution in [2.75, 3.05) is 7.11 Å². The van der Waals surface area contributed by atoms with Crippen LogP contribution in [-0.4, -0.2) is 16.7 Å². The highest BCUT2D eigenvalue weighted by molar-refractivity contribution is 9.10. The van der Waals surface area contributed by atoms with Gasteiger partial charge in [0.15, 0.2) is 0 Å². The average molecular weight is 295 g/mol. The third-order valence-electron chi connectivity index (χ3n) is 2.94. The Labute approximate surface area is 110 Å². The van der Waals surface area contributed by atoms with Crippen molar-refractivity contribution in [2.24, 2.45) is 7.05 Å². The topological polar surface area (TPSA) is 27.1 Å². The fraction of sp³-hybridized carbons (Fsp3) is 0.308. The quantitative estimate of drug-likeness (QED) is 0.870. The third-order valence-corrected chi connectivity index (χ3v) is 3.57. The van der Waals surface area contributed by atoms with Crippen molar-refractivity contribution in [3.05, 3.63) is 46.0 Å². The number of aryl methyl sites for hydroxylation is 1. The molecule has 0 fully saturated rings. The number of rotatable bonds is 3. The zero-order valence-electron chi connectivity index (χ0n) is 10.2. The molecule has 0 aliphatic rings. The Morgan fingerprint density at radius 3 is 2.65 bits per heavy atom. The first-order valence-corrected chi connectivity index (χ1v) is 6.22. The highest BCUT2D eigenvalue weighted by atomic mass is 79.9. The molecule has 0 saturated carbocycles. The molecule has 0 aliphatic carbocycles. The van der Waals surface area contributed by atoms with Crippen LogP contribution in [0.25, 0.3) is 0 Å². The van der Waals surface area contributed by atoms with Gasteiger partial charge < -0.3 is 9.30 Å². The second-order valence-electron chi connectivity index (χ2n) is 3.94. The third kappa shape index (κ3) is 2.36. The monoisotopic (exact) mass is 294 g/mol. The van der Waals surface area contributed by atoms with E-state index in [0.717, 1.165) is 28.3 Å². The van der Waals surface area contributed by atoms with Gasteiger partial charge in [0.05, 0.1) is 12.8 Å². The summed E-state index contributed by atoms with van der Waals surface area (Å²) < 4.78 is 8.36. The number of imidazole rings is 1. The van der Waals surface area contributed by atoms with E-state index in [1.54, 1.807) is 7.11 Å². The summed E-state index contributed by atoms with van der Waals surface area (Å²) in [6, 6.07) is 8.06. The highest BCUT2D eigenvalue weighted by Crippen LogP contribution is 2.25. The van der Waals surface area contributed by atoms with Crippen molar-refractivity contribution >= 4 is 15.9 Å². The smallest absolute Gasteiger partial charge is 0.127 e. The Morgan fingerprint density at radius 2 is 2.06 bits per heavy atom. The van der Waals surface area contributed by atoms with Gasteiger partial charge in [-0.15, -0.1) is 0 Å². The van der Waals surface area contributed by atoms with Gasteiger partial charge in [-0.2, -0.15) is 0 Å². The molecular weight excluding hydrogens is 280 g/mol. The summed E-state index contributed by atoms with van der Waals surface area (Å²) in [5.74, 6) is 1.92. The lowest BCUT2D eigenvalue weighted by Gasteiger charge is -2.09. The summed E-state index contributed by atoms with van der Waals surface area (Å²) in [6.07, 6.45) is 0.807. The van der Waals surface area contributed by atoms with Crippen molar-refractivity contribution in [1.82, 2.24) is 9.55 Å². The normalized spacial score (nSPS) is 10.6. The maximum absolute atomic E-state index is 5.36. The number of halogens is 1. The molecule has 0 amide bonds. The Hall–Kier alpha value is -1.29. The number of para-hydroxylation sites is 1. The lowest BCUT2D eigenvalue weighted by molar-refractivity contribution is 0.410. The number of hydrogen-bond acceptors (Lipinski definition) is 2. The number of ether oxygens (including phenoxy) is 1. The van der Waals surface area contributed by atoms with Gasteiger partial charge in [-0.25, -0.2) is 4.98 Å². The minimum absolute atomic E-state index is 0.807. The fourth-order valence-corrected chi connectivity index (χ4v) is 2.50. The number of benzene rings is 1. The van der Waals surface area contributed by atoms with Gasteiger partial charge in [-0.05, 0) is 28.9 Å². The van der Waals surface area contributed by atoms with Gasteiger partial charge in [-0.1, -0.05) is 18.2 Å². The van der Waals surface area contributed by atoms with Crippen molar-refractivity contribution < 1.29 is 4.74 Å². The molecule has 2 rings (SSSR count). The van der Waals surface area contributed by atoms with E-state index in [1.807, 2.05) is 32.2 Å². The molecule has 17 heavy (non-hydrogen) atoms. The Balaban J connectivity index is 2.38. The second kappa shape index (κ2) is 4.92. The second-order valence-corrected chi connectivity index (χ2v) is 4.70. The molecule has 1 heterocycles. The van der Waals surface area contributed by atoms with E-state index in [4.69, 9.17) is 4.74 Å². The summed E-state index contributed by atoms with van der Waals surface area (Å²) in [5.41, 5.74) is 2.32. The van der Waals surface area contributed by atoms with Gasteiger partial charge in [0, 0.05) is 19.0 Å². The minimum atomic E-state index is 0.807. The lowest BCUT2D eigenvalue weighted by Crippen LogP contribution is -2.01. The maximum Gasteiger partial charge on any atom is 0.127 e. The summed E-state index contributed by atoms with van der Waals surface area (Å²) >= 11 is 3.50. The van der Waals surface area contributed by atoms with Crippen molar-refractivity contribution in [1.29, 1.82) is 0 Å². The fourth-order valence-electron chi connectivity index (χ4n) is 1.84. The van der Waals surface area contributed by atoms with Crippen molar-refractivity contribution in [2.45, 2.75) is 13.3 Å². The Bertz CT molecular complexity index is 534. The van der Waals surface area contributed by atoms with Crippen molar-refractivity contribution in [3.8, 4) is 5.75 Å². The largest absolute Gasteiger partial charge is 0.496 e. The Kier molecular flexibility index (Phi) is 3.52. The zero-order chi connectivity index (χ0) is 12.4. The number of hydrogen-bond donors (Lipinski definition) is 0. The summed E-state index contributed by atoms with van der Waals surface area (Å²) in [4.78, 5) is 4.40. The molecule has 1 aromatic carbocycles. The number of nitrogens with zero attached hydrogens (tertiary/aromatic N) is 2. The summed E-state index contributed by atoms with van der Waals surface area (Å²) in [7, 11) is 3.72. The van der Waals surface area contributed by atoms with Gasteiger partial charge in [-0.3, -0.25) is 0 Å². The van der Waals surface area contributed by atoms with Gasteiger partial charge in [0.25, 0.3) is 0 Å². The van der Waals surface area contributed by atoms with Crippen LogP contribution in [0, 0.1) is 6.92 Å². The van der Waals surface area contributed by atoms with Gasteiger partial charge >= 0.3 is 0 Å². The summed E-state index contributed by atoms with van der Waals surface area (Å²) in [5, 5.41) is 0. The predicted molar refractivity (Wildman–Crippen MR) is 71.4 cm³/mol. The first kappa shape index (κ1) is 12.2. The van der Waals surface area contributed by atoms with Crippen molar-refractivity contribution in [3.63, 3.8) is 0 Å². The van der Waals surface area contributed by atoms with Gasteiger partial charge in [0.2, 0.25) is 0 Å². The molecule has 1 aromatic heterocycles. The highest BCUT2D eigenvalue weighted by Gasteiger charge is 2.12. The molecule has 2 aromatic rings. The molecule has 3 nitrogen and oxygen atoms in total. The van der Waals surface area contributed by atoms with E-state index in [1.165, 1.54) is 5.56 Å². The average Bonchev–Trinajstić information content (AvgIpc) is 2.57. The molecule has 4 heteroatoms. The molecule has 90 valence electrons.